The number of benzene rings is 1. The zero-order valence-electron chi connectivity index (χ0n) is 20.5. The van der Waals surface area contributed by atoms with Gasteiger partial charge in [0.25, 0.3) is 0 Å². The van der Waals surface area contributed by atoms with E-state index in [2.05, 4.69) is 11.6 Å². The van der Waals surface area contributed by atoms with Crippen LogP contribution in [0, 0.1) is 0 Å². The van der Waals surface area contributed by atoms with E-state index < -0.39 is 16.0 Å². The van der Waals surface area contributed by atoms with Gasteiger partial charge in [0, 0.05) is 17.2 Å². The van der Waals surface area contributed by atoms with Crippen molar-refractivity contribution in [2.45, 2.75) is 108 Å². The predicted molar refractivity (Wildman–Crippen MR) is 141 cm³/mol. The number of nitrogens with one attached hydrogen (secondary N) is 1. The van der Waals surface area contributed by atoms with E-state index in [0.717, 1.165) is 29.7 Å². The lowest BCUT2D eigenvalue weighted by Gasteiger charge is -2.07. The van der Waals surface area contributed by atoms with Crippen LogP contribution in [0.2, 0.25) is 0 Å². The Labute approximate surface area is 206 Å². The van der Waals surface area contributed by atoms with Crippen LogP contribution in [0.15, 0.2) is 29.2 Å². The molecule has 190 valence electrons. The zero-order valence-corrected chi connectivity index (χ0v) is 22.2. The Morgan fingerprint density at radius 1 is 0.818 bits per heavy atom. The molecule has 0 saturated heterocycles. The molecule has 1 aromatic carbocycles. The molecule has 0 radical (unpaired) electrons. The second-order valence-corrected chi connectivity index (χ2v) is 12.0. The van der Waals surface area contributed by atoms with Crippen LogP contribution in [0.3, 0.4) is 0 Å². The maximum atomic E-state index is 12.1. The summed E-state index contributed by atoms with van der Waals surface area (Å²) in [5.41, 5.74) is 0.765. The number of aliphatic carboxylic acids is 1. The number of carbonyl (C=O) groups is 1. The van der Waals surface area contributed by atoms with Crippen molar-refractivity contribution >= 4 is 27.8 Å². The maximum Gasteiger partial charge on any atom is 0.307 e. The molecule has 7 heteroatoms. The van der Waals surface area contributed by atoms with Crippen molar-refractivity contribution < 1.29 is 18.3 Å². The quantitative estimate of drug-likeness (QED) is 0.135. The summed E-state index contributed by atoms with van der Waals surface area (Å²) in [7, 11) is -3.20. The standard InChI is InChI=1S/C26H45NO4S2/c1-2-3-4-5-6-7-8-9-10-11-12-13-14-15-22-33(30,31)27-20-21-32-25-18-16-24(17-19-25)23-26(28)29/h16-19,27H,2-15,20-23H2,1H3,(H,28,29). The van der Waals surface area contributed by atoms with Crippen LogP contribution in [0.25, 0.3) is 0 Å². The molecule has 0 unspecified atom stereocenters. The molecule has 0 spiro atoms. The fourth-order valence-corrected chi connectivity index (χ4v) is 5.84. The van der Waals surface area contributed by atoms with E-state index in [-0.39, 0.29) is 12.2 Å². The molecule has 0 aliphatic rings. The van der Waals surface area contributed by atoms with E-state index in [1.54, 1.807) is 23.9 Å². The molecule has 5 nitrogen and oxygen atoms in total. The van der Waals surface area contributed by atoms with Crippen LogP contribution in [0.5, 0.6) is 0 Å². The average molecular weight is 500 g/mol. The summed E-state index contributed by atoms with van der Waals surface area (Å²) in [6.07, 6.45) is 17.6. The average Bonchev–Trinajstić information content (AvgIpc) is 2.77. The molecule has 0 aromatic heterocycles. The minimum Gasteiger partial charge on any atom is -0.481 e. The molecule has 0 saturated carbocycles. The first-order valence-corrected chi connectivity index (χ1v) is 15.5. The normalized spacial score (nSPS) is 11.7. The van der Waals surface area contributed by atoms with Crippen LogP contribution < -0.4 is 4.72 Å². The lowest BCUT2D eigenvalue weighted by Crippen LogP contribution is -2.28. The first-order chi connectivity index (χ1) is 15.9. The highest BCUT2D eigenvalue weighted by Crippen LogP contribution is 2.18. The Kier molecular flexibility index (Phi) is 17.5. The number of hydrogen-bond donors (Lipinski definition) is 2. The number of unbranched alkanes of at least 4 members (excludes halogenated alkanes) is 13. The van der Waals surface area contributed by atoms with E-state index in [1.165, 1.54) is 70.6 Å². The van der Waals surface area contributed by atoms with Crippen LogP contribution >= 0.6 is 11.8 Å². The van der Waals surface area contributed by atoms with Gasteiger partial charge in [-0.2, -0.15) is 0 Å². The molecule has 0 atom stereocenters. The van der Waals surface area contributed by atoms with Crippen LogP contribution in [-0.2, 0) is 21.2 Å². The molecule has 0 aliphatic heterocycles. The minimum atomic E-state index is -3.20. The Balaban J connectivity index is 1.95. The predicted octanol–water partition coefficient (Wildman–Crippen LogP) is 6.81. The van der Waals surface area contributed by atoms with Gasteiger partial charge in [-0.1, -0.05) is 103 Å². The summed E-state index contributed by atoms with van der Waals surface area (Å²) in [5, 5.41) is 8.79. The zero-order chi connectivity index (χ0) is 24.2. The van der Waals surface area contributed by atoms with Crippen molar-refractivity contribution in [2.75, 3.05) is 18.1 Å². The third kappa shape index (κ3) is 18.0. The molecule has 0 fully saturated rings. The van der Waals surface area contributed by atoms with Crippen molar-refractivity contribution in [1.82, 2.24) is 4.72 Å². The summed E-state index contributed by atoms with van der Waals surface area (Å²) in [5.74, 6) is 0.0131. The smallest absolute Gasteiger partial charge is 0.307 e. The van der Waals surface area contributed by atoms with E-state index >= 15 is 0 Å². The van der Waals surface area contributed by atoms with Crippen molar-refractivity contribution in [3.05, 3.63) is 29.8 Å². The topological polar surface area (TPSA) is 83.5 Å². The van der Waals surface area contributed by atoms with E-state index in [9.17, 15) is 13.2 Å². The van der Waals surface area contributed by atoms with Gasteiger partial charge < -0.3 is 5.11 Å². The molecule has 33 heavy (non-hydrogen) atoms. The maximum absolute atomic E-state index is 12.1. The molecule has 2 N–H and O–H groups in total. The van der Waals surface area contributed by atoms with Gasteiger partial charge in [0.1, 0.15) is 0 Å². The largest absolute Gasteiger partial charge is 0.481 e. The van der Waals surface area contributed by atoms with Crippen molar-refractivity contribution in [3.8, 4) is 0 Å². The van der Waals surface area contributed by atoms with E-state index in [4.69, 9.17) is 5.11 Å². The van der Waals surface area contributed by atoms with Gasteiger partial charge in [0.15, 0.2) is 0 Å². The van der Waals surface area contributed by atoms with Gasteiger partial charge >= 0.3 is 5.97 Å². The number of carboxylic acids is 1. The Morgan fingerprint density at radius 3 is 1.79 bits per heavy atom. The van der Waals surface area contributed by atoms with E-state index in [1.807, 2.05) is 12.1 Å². The highest BCUT2D eigenvalue weighted by Gasteiger charge is 2.09. The molecule has 0 bridgehead atoms. The first kappa shape index (κ1) is 30.0. The molecule has 1 aromatic rings. The summed E-state index contributed by atoms with van der Waals surface area (Å²) in [6, 6.07) is 7.37. The molecule has 0 heterocycles. The minimum absolute atomic E-state index is 0.0179. The third-order valence-electron chi connectivity index (χ3n) is 5.74. The summed E-state index contributed by atoms with van der Waals surface area (Å²) in [6.45, 7) is 2.66. The number of rotatable bonds is 22. The van der Waals surface area contributed by atoms with Gasteiger partial charge in [0.05, 0.1) is 12.2 Å². The van der Waals surface area contributed by atoms with Crippen LogP contribution in [0.4, 0.5) is 0 Å². The second-order valence-electron chi connectivity index (χ2n) is 8.87. The lowest BCUT2D eigenvalue weighted by molar-refractivity contribution is -0.136. The third-order valence-corrected chi connectivity index (χ3v) is 8.22. The highest BCUT2D eigenvalue weighted by molar-refractivity contribution is 7.99. The van der Waals surface area contributed by atoms with Crippen LogP contribution in [-0.4, -0.2) is 37.5 Å². The SMILES string of the molecule is CCCCCCCCCCCCCCCCS(=O)(=O)NCCSc1ccc(CC(=O)O)cc1. The van der Waals surface area contributed by atoms with E-state index in [0.29, 0.717) is 12.3 Å². The first-order valence-electron chi connectivity index (χ1n) is 12.8. The monoisotopic (exact) mass is 499 g/mol. The van der Waals surface area contributed by atoms with Crippen molar-refractivity contribution in [1.29, 1.82) is 0 Å². The van der Waals surface area contributed by atoms with Gasteiger partial charge in [-0.25, -0.2) is 13.1 Å². The summed E-state index contributed by atoms with van der Waals surface area (Å²) >= 11 is 1.56. The summed E-state index contributed by atoms with van der Waals surface area (Å²) < 4.78 is 27.0. The second kappa shape index (κ2) is 19.3. The molecule has 0 amide bonds. The Morgan fingerprint density at radius 2 is 1.30 bits per heavy atom. The van der Waals surface area contributed by atoms with Crippen LogP contribution in [0.1, 0.15) is 102 Å². The lowest BCUT2D eigenvalue weighted by atomic mass is 10.0. The number of sulfonamides is 1. The van der Waals surface area contributed by atoms with Gasteiger partial charge in [0.2, 0.25) is 10.0 Å². The Bertz CT molecular complexity index is 720. The number of thioether (sulfide) groups is 1. The molecular formula is C26H45NO4S2. The van der Waals surface area contributed by atoms with Gasteiger partial charge in [-0.15, -0.1) is 11.8 Å². The highest BCUT2D eigenvalue weighted by atomic mass is 32.2. The number of hydrogen-bond acceptors (Lipinski definition) is 4. The fourth-order valence-electron chi connectivity index (χ4n) is 3.80. The molecular weight excluding hydrogens is 454 g/mol. The molecule has 0 aliphatic carbocycles. The van der Waals surface area contributed by atoms with Crippen molar-refractivity contribution in [2.24, 2.45) is 0 Å². The fraction of sp³-hybridized carbons (Fsp3) is 0.731. The number of carboxylic acid groups (broad SMARTS) is 1. The van der Waals surface area contributed by atoms with Gasteiger partial charge in [-0.05, 0) is 24.1 Å². The summed E-state index contributed by atoms with van der Waals surface area (Å²) in [4.78, 5) is 11.7. The molecule has 1 rings (SSSR count). The van der Waals surface area contributed by atoms with Crippen molar-refractivity contribution in [3.63, 3.8) is 0 Å². The Hall–Kier alpha value is -1.05. The van der Waals surface area contributed by atoms with Gasteiger partial charge in [-0.3, -0.25) is 4.79 Å².